The Bertz CT molecular complexity index is 1100. The van der Waals surface area contributed by atoms with Crippen molar-refractivity contribution in [2.24, 2.45) is 0 Å². The normalized spacial score (nSPS) is 12.4. The summed E-state index contributed by atoms with van der Waals surface area (Å²) in [5.41, 5.74) is 0. The van der Waals surface area contributed by atoms with Crippen molar-refractivity contribution in [1.29, 1.82) is 0 Å². The zero-order chi connectivity index (χ0) is 55.0. The van der Waals surface area contributed by atoms with Crippen molar-refractivity contribution in [3.63, 3.8) is 0 Å². The van der Waals surface area contributed by atoms with Gasteiger partial charge in [0.15, 0.2) is 0 Å². The van der Waals surface area contributed by atoms with Gasteiger partial charge >= 0.3 is 5.97 Å². The largest absolute Gasteiger partial charge is 0.466 e. The number of unbranched alkanes of at least 4 members (excludes halogenated alkanes) is 56. The molecule has 2 unspecified atom stereocenters. The summed E-state index contributed by atoms with van der Waals surface area (Å²) in [5, 5.41) is 23.3. The summed E-state index contributed by atoms with van der Waals surface area (Å²) in [4.78, 5) is 24.6. The van der Waals surface area contributed by atoms with Crippen LogP contribution in [0.4, 0.5) is 0 Å². The molecule has 0 saturated carbocycles. The van der Waals surface area contributed by atoms with Crippen LogP contribution in [0.15, 0.2) is 0 Å². The minimum absolute atomic E-state index is 0.0234. The summed E-state index contributed by atoms with van der Waals surface area (Å²) in [5.74, 6) is -0.00597. The fourth-order valence-corrected chi connectivity index (χ4v) is 11.5. The van der Waals surface area contributed by atoms with Crippen molar-refractivity contribution in [1.82, 2.24) is 5.32 Å². The predicted octanol–water partition coefficient (Wildman–Crippen LogP) is 22.6. The molecule has 0 aromatic rings. The summed E-state index contributed by atoms with van der Waals surface area (Å²) in [7, 11) is 0. The van der Waals surface area contributed by atoms with Crippen LogP contribution in [0.2, 0.25) is 0 Å². The van der Waals surface area contributed by atoms with Crippen molar-refractivity contribution < 1.29 is 24.5 Å². The standard InChI is InChI=1S/C70H139NO5/c1-3-5-7-9-11-13-15-17-19-20-29-33-36-40-44-48-52-56-60-64-70(75)76-65-61-57-53-49-45-41-37-34-31-28-26-24-22-21-23-25-27-30-32-35-39-43-47-51-55-59-63-69(74)71-67(66-72)68(73)62-58-54-50-46-42-38-18-16-14-12-10-8-6-4-2/h67-68,72-73H,3-66H2,1-2H3,(H,71,74). The number of esters is 1. The number of aliphatic hydroxyl groups is 2. The molecule has 6 heteroatoms. The molecule has 0 heterocycles. The fourth-order valence-electron chi connectivity index (χ4n) is 11.5. The summed E-state index contributed by atoms with van der Waals surface area (Å²) < 4.78 is 5.52. The molecule has 3 N–H and O–H groups in total. The summed E-state index contributed by atoms with van der Waals surface area (Å²) in [6.07, 6.45) is 80.1. The highest BCUT2D eigenvalue weighted by atomic mass is 16.5. The quantitative estimate of drug-likeness (QED) is 0.0417. The van der Waals surface area contributed by atoms with Gasteiger partial charge in [-0.25, -0.2) is 0 Å². The van der Waals surface area contributed by atoms with Crippen LogP contribution in [0.1, 0.15) is 412 Å². The van der Waals surface area contributed by atoms with Crippen molar-refractivity contribution in [3.8, 4) is 0 Å². The molecule has 0 radical (unpaired) electrons. The number of amides is 1. The zero-order valence-electron chi connectivity index (χ0n) is 52.0. The Morgan fingerprint density at radius 1 is 0.316 bits per heavy atom. The van der Waals surface area contributed by atoms with Crippen molar-refractivity contribution in [2.75, 3.05) is 13.2 Å². The third kappa shape index (κ3) is 62.1. The average Bonchev–Trinajstić information content (AvgIpc) is 3.42. The molecule has 454 valence electrons. The lowest BCUT2D eigenvalue weighted by Gasteiger charge is -2.22. The minimum atomic E-state index is -0.661. The zero-order valence-corrected chi connectivity index (χ0v) is 52.0. The van der Waals surface area contributed by atoms with E-state index >= 15 is 0 Å². The number of ether oxygens (including phenoxy) is 1. The molecule has 0 rings (SSSR count). The molecule has 0 spiro atoms. The first-order chi connectivity index (χ1) is 37.5. The first-order valence-corrected chi connectivity index (χ1v) is 35.3. The van der Waals surface area contributed by atoms with Crippen molar-refractivity contribution in [2.45, 2.75) is 424 Å². The van der Waals surface area contributed by atoms with E-state index in [0.29, 0.717) is 25.9 Å². The molecule has 0 aromatic heterocycles. The third-order valence-corrected chi connectivity index (χ3v) is 16.9. The Balaban J connectivity index is 3.31. The number of nitrogens with one attached hydrogen (secondary N) is 1. The van der Waals surface area contributed by atoms with Crippen LogP contribution >= 0.6 is 0 Å². The fraction of sp³-hybridized carbons (Fsp3) is 0.971. The van der Waals surface area contributed by atoms with E-state index in [1.165, 1.54) is 340 Å². The Labute approximate surface area is 476 Å². The molecule has 0 fully saturated rings. The van der Waals surface area contributed by atoms with E-state index in [4.69, 9.17) is 4.74 Å². The topological polar surface area (TPSA) is 95.9 Å². The molecule has 0 bridgehead atoms. The number of hydrogen-bond acceptors (Lipinski definition) is 5. The molecule has 76 heavy (non-hydrogen) atoms. The van der Waals surface area contributed by atoms with Gasteiger partial charge in [-0.2, -0.15) is 0 Å². The molecule has 6 nitrogen and oxygen atoms in total. The van der Waals surface area contributed by atoms with Gasteiger partial charge in [0.05, 0.1) is 25.4 Å². The number of carbonyl (C=O) groups excluding carboxylic acids is 2. The maximum atomic E-state index is 12.5. The highest BCUT2D eigenvalue weighted by Gasteiger charge is 2.20. The van der Waals surface area contributed by atoms with Gasteiger partial charge in [0, 0.05) is 12.8 Å². The Kier molecular flexibility index (Phi) is 65.4. The van der Waals surface area contributed by atoms with Crippen LogP contribution in [0.3, 0.4) is 0 Å². The van der Waals surface area contributed by atoms with Gasteiger partial charge in [-0.05, 0) is 25.7 Å². The Morgan fingerprint density at radius 3 is 0.803 bits per heavy atom. The van der Waals surface area contributed by atoms with Gasteiger partial charge in [0.25, 0.3) is 0 Å². The van der Waals surface area contributed by atoms with Crippen LogP contribution in [0.25, 0.3) is 0 Å². The lowest BCUT2D eigenvalue weighted by atomic mass is 10.0. The molecule has 0 aliphatic heterocycles. The van der Waals surface area contributed by atoms with Gasteiger partial charge in [0.2, 0.25) is 5.91 Å². The molecular formula is C70H139NO5. The molecule has 1 amide bonds. The lowest BCUT2D eigenvalue weighted by molar-refractivity contribution is -0.143. The first-order valence-electron chi connectivity index (χ1n) is 35.3. The average molecular weight is 1070 g/mol. The molecule has 0 saturated heterocycles. The highest BCUT2D eigenvalue weighted by Crippen LogP contribution is 2.20. The predicted molar refractivity (Wildman–Crippen MR) is 334 cm³/mol. The smallest absolute Gasteiger partial charge is 0.305 e. The SMILES string of the molecule is CCCCCCCCCCCCCCCCCCCCCC(=O)OCCCCCCCCCCCCCCCCCCCCCCCCCCCCC(=O)NC(CO)C(O)CCCCCCCCCCCCCCCC. The lowest BCUT2D eigenvalue weighted by Crippen LogP contribution is -2.45. The summed E-state index contributed by atoms with van der Waals surface area (Å²) >= 11 is 0. The molecule has 2 atom stereocenters. The van der Waals surface area contributed by atoms with E-state index in [9.17, 15) is 19.8 Å². The van der Waals surface area contributed by atoms with Crippen LogP contribution < -0.4 is 5.32 Å². The second-order valence-corrected chi connectivity index (χ2v) is 24.6. The first kappa shape index (κ1) is 74.9. The maximum Gasteiger partial charge on any atom is 0.305 e. The number of rotatable bonds is 67. The molecule has 0 aliphatic carbocycles. The number of aliphatic hydroxyl groups excluding tert-OH is 2. The second-order valence-electron chi connectivity index (χ2n) is 24.6. The van der Waals surface area contributed by atoms with E-state index in [0.717, 1.165) is 38.5 Å². The van der Waals surface area contributed by atoms with Crippen LogP contribution in [0.5, 0.6) is 0 Å². The van der Waals surface area contributed by atoms with Crippen LogP contribution in [-0.2, 0) is 14.3 Å². The van der Waals surface area contributed by atoms with Gasteiger partial charge in [-0.15, -0.1) is 0 Å². The molecule has 0 aliphatic rings. The molecular weight excluding hydrogens is 935 g/mol. The third-order valence-electron chi connectivity index (χ3n) is 16.9. The van der Waals surface area contributed by atoms with Gasteiger partial charge in [-0.3, -0.25) is 9.59 Å². The van der Waals surface area contributed by atoms with E-state index in [2.05, 4.69) is 19.2 Å². The monoisotopic (exact) mass is 1070 g/mol. The molecule has 0 aromatic carbocycles. The summed E-state index contributed by atoms with van der Waals surface area (Å²) in [6.45, 7) is 5.00. The van der Waals surface area contributed by atoms with Crippen molar-refractivity contribution in [3.05, 3.63) is 0 Å². The van der Waals surface area contributed by atoms with Crippen LogP contribution in [-0.4, -0.2) is 47.4 Å². The minimum Gasteiger partial charge on any atom is -0.466 e. The van der Waals surface area contributed by atoms with Gasteiger partial charge in [-0.1, -0.05) is 373 Å². The van der Waals surface area contributed by atoms with E-state index < -0.39 is 12.1 Å². The van der Waals surface area contributed by atoms with Crippen LogP contribution in [0, 0.1) is 0 Å². The Hall–Kier alpha value is -1.14. The number of carbonyl (C=O) groups is 2. The van der Waals surface area contributed by atoms with E-state index in [1.54, 1.807) is 0 Å². The van der Waals surface area contributed by atoms with Gasteiger partial charge < -0.3 is 20.3 Å². The highest BCUT2D eigenvalue weighted by molar-refractivity contribution is 5.76. The van der Waals surface area contributed by atoms with E-state index in [-0.39, 0.29) is 18.5 Å². The van der Waals surface area contributed by atoms with Gasteiger partial charge in [0.1, 0.15) is 0 Å². The van der Waals surface area contributed by atoms with E-state index in [1.807, 2.05) is 0 Å². The maximum absolute atomic E-state index is 12.5. The number of hydrogen-bond donors (Lipinski definition) is 3. The van der Waals surface area contributed by atoms with Crippen molar-refractivity contribution >= 4 is 11.9 Å². The summed E-state index contributed by atoms with van der Waals surface area (Å²) in [6, 6.07) is -0.538. The Morgan fingerprint density at radius 2 is 0.539 bits per heavy atom. The second kappa shape index (κ2) is 66.4.